The highest BCUT2D eigenvalue weighted by Gasteiger charge is 2.19. The van der Waals surface area contributed by atoms with E-state index in [4.69, 9.17) is 0 Å². The molecule has 7 heteroatoms. The van der Waals surface area contributed by atoms with Crippen molar-refractivity contribution in [2.45, 2.75) is 13.0 Å². The number of nitrogens with one attached hydrogen (secondary N) is 2. The lowest BCUT2D eigenvalue weighted by Gasteiger charge is -2.13. The molecule has 142 valence electrons. The number of fused-ring (bicyclic) bond motifs is 2. The summed E-state index contributed by atoms with van der Waals surface area (Å²) in [5.74, 6) is 0.275. The molecule has 2 aromatic carbocycles. The summed E-state index contributed by atoms with van der Waals surface area (Å²) >= 11 is 0. The molecule has 0 saturated heterocycles. The van der Waals surface area contributed by atoms with Gasteiger partial charge in [0.1, 0.15) is 11.9 Å². The predicted molar refractivity (Wildman–Crippen MR) is 109 cm³/mol. The average molecular weight is 384 g/mol. The first-order valence-electron chi connectivity index (χ1n) is 9.36. The van der Waals surface area contributed by atoms with Crippen LogP contribution in [0.2, 0.25) is 0 Å². The van der Waals surface area contributed by atoms with Gasteiger partial charge in [-0.05, 0) is 29.7 Å². The average Bonchev–Trinajstić information content (AvgIpc) is 3.40. The quantitative estimate of drug-likeness (QED) is 0.556. The Bertz CT molecular complexity index is 1260. The van der Waals surface area contributed by atoms with Gasteiger partial charge in [0.05, 0.1) is 6.20 Å². The summed E-state index contributed by atoms with van der Waals surface area (Å²) in [6.07, 6.45) is 4.17. The molecule has 2 N–H and O–H groups in total. The molecule has 0 radical (unpaired) electrons. The Balaban J connectivity index is 1.55. The van der Waals surface area contributed by atoms with Crippen molar-refractivity contribution in [2.75, 3.05) is 17.2 Å². The van der Waals surface area contributed by atoms with Gasteiger partial charge in [0.15, 0.2) is 11.3 Å². The number of anilines is 2. The number of halogens is 1. The highest BCUT2D eigenvalue weighted by molar-refractivity contribution is 5.78. The van der Waals surface area contributed by atoms with Crippen LogP contribution in [-0.2, 0) is 13.0 Å². The molecule has 4 aromatic rings. The third-order valence-corrected chi connectivity index (χ3v) is 5.18. The molecule has 0 amide bonds. The monoisotopic (exact) mass is 384 g/mol. The van der Waals surface area contributed by atoms with Gasteiger partial charge in [-0.1, -0.05) is 30.3 Å². The molecule has 0 saturated carbocycles. The van der Waals surface area contributed by atoms with E-state index in [0.717, 1.165) is 35.3 Å². The largest absolute Gasteiger partial charge is 0.384 e. The molecule has 0 unspecified atom stereocenters. The molecule has 3 heterocycles. The van der Waals surface area contributed by atoms with Gasteiger partial charge in [0.2, 0.25) is 5.95 Å². The van der Waals surface area contributed by atoms with Gasteiger partial charge in [0.25, 0.3) is 0 Å². The zero-order chi connectivity index (χ0) is 19.8. The van der Waals surface area contributed by atoms with Crippen LogP contribution in [0.4, 0.5) is 16.0 Å². The zero-order valence-electron chi connectivity index (χ0n) is 15.5. The Hall–Kier alpha value is -3.92. The second-order valence-corrected chi connectivity index (χ2v) is 6.88. The minimum absolute atomic E-state index is 0.236. The summed E-state index contributed by atoms with van der Waals surface area (Å²) in [4.78, 5) is 8.97. The Labute approximate surface area is 166 Å². The highest BCUT2D eigenvalue weighted by Crippen LogP contribution is 2.29. The van der Waals surface area contributed by atoms with Crippen LogP contribution in [-0.4, -0.2) is 20.9 Å². The van der Waals surface area contributed by atoms with Crippen LogP contribution >= 0.6 is 0 Å². The van der Waals surface area contributed by atoms with Crippen molar-refractivity contribution in [2.24, 2.45) is 0 Å². The van der Waals surface area contributed by atoms with Crippen molar-refractivity contribution >= 4 is 17.3 Å². The molecule has 0 bridgehead atoms. The standard InChI is InChI=1S/C22H17FN6/c23-19-6-7-20-16(8-9-25-20)18(19)12-27-22-26-11-17(14-4-2-1-3-5-14)21-28-15(10-24)13-29(21)22/h1-7,11,13,25H,8-9,12H2,(H,26,27). The molecular formula is C22H17FN6. The third kappa shape index (κ3) is 2.95. The maximum absolute atomic E-state index is 14.5. The molecule has 5 rings (SSSR count). The van der Waals surface area contributed by atoms with Crippen LogP contribution in [0.1, 0.15) is 16.8 Å². The van der Waals surface area contributed by atoms with E-state index < -0.39 is 0 Å². The molecule has 29 heavy (non-hydrogen) atoms. The SMILES string of the molecule is N#Cc1cn2c(NCc3c(F)ccc4c3CCN4)ncc(-c3ccccc3)c2n1. The first-order valence-corrected chi connectivity index (χ1v) is 9.36. The van der Waals surface area contributed by atoms with Crippen molar-refractivity contribution in [1.82, 2.24) is 14.4 Å². The Morgan fingerprint density at radius 2 is 2.07 bits per heavy atom. The molecule has 0 fully saturated rings. The molecule has 0 aliphatic carbocycles. The first kappa shape index (κ1) is 17.2. The van der Waals surface area contributed by atoms with E-state index in [1.165, 1.54) is 6.07 Å². The molecule has 1 aliphatic heterocycles. The van der Waals surface area contributed by atoms with Crippen LogP contribution in [0.3, 0.4) is 0 Å². The lowest BCUT2D eigenvalue weighted by Crippen LogP contribution is -2.09. The van der Waals surface area contributed by atoms with Crippen LogP contribution in [0, 0.1) is 17.1 Å². The summed E-state index contributed by atoms with van der Waals surface area (Å²) in [6, 6.07) is 15.1. The summed E-state index contributed by atoms with van der Waals surface area (Å²) < 4.78 is 16.2. The lowest BCUT2D eigenvalue weighted by molar-refractivity contribution is 0.610. The number of nitriles is 1. The number of rotatable bonds is 4. The summed E-state index contributed by atoms with van der Waals surface area (Å²) in [5, 5.41) is 15.8. The molecule has 6 nitrogen and oxygen atoms in total. The summed E-state index contributed by atoms with van der Waals surface area (Å²) in [6.45, 7) is 1.11. The van der Waals surface area contributed by atoms with E-state index in [2.05, 4.69) is 26.7 Å². The fourth-order valence-electron chi connectivity index (χ4n) is 3.78. The maximum Gasteiger partial charge on any atom is 0.208 e. The first-order chi connectivity index (χ1) is 14.2. The second kappa shape index (κ2) is 6.91. The number of aromatic nitrogens is 3. The number of benzene rings is 2. The minimum atomic E-state index is -0.236. The van der Waals surface area contributed by atoms with Crippen molar-refractivity contribution < 1.29 is 4.39 Å². The highest BCUT2D eigenvalue weighted by atomic mass is 19.1. The van der Waals surface area contributed by atoms with Gasteiger partial charge < -0.3 is 10.6 Å². The number of hydrogen-bond acceptors (Lipinski definition) is 5. The predicted octanol–water partition coefficient (Wildman–Crippen LogP) is 3.99. The van der Waals surface area contributed by atoms with E-state index in [1.54, 1.807) is 22.9 Å². The molecule has 1 aliphatic rings. The van der Waals surface area contributed by atoms with E-state index in [9.17, 15) is 9.65 Å². The van der Waals surface area contributed by atoms with E-state index in [1.807, 2.05) is 30.3 Å². The normalized spacial score (nSPS) is 12.4. The van der Waals surface area contributed by atoms with Crippen LogP contribution in [0.15, 0.2) is 54.9 Å². The molecule has 0 atom stereocenters. The Morgan fingerprint density at radius 3 is 2.90 bits per heavy atom. The summed E-state index contributed by atoms with van der Waals surface area (Å²) in [5.41, 5.74) is 5.33. The van der Waals surface area contributed by atoms with Gasteiger partial charge >= 0.3 is 0 Å². The lowest BCUT2D eigenvalue weighted by atomic mass is 10.0. The van der Waals surface area contributed by atoms with Crippen LogP contribution in [0.5, 0.6) is 0 Å². The number of nitrogens with zero attached hydrogens (tertiary/aromatic N) is 4. The number of hydrogen-bond donors (Lipinski definition) is 2. The van der Waals surface area contributed by atoms with E-state index in [-0.39, 0.29) is 5.82 Å². The zero-order valence-corrected chi connectivity index (χ0v) is 15.5. The van der Waals surface area contributed by atoms with Gasteiger partial charge in [-0.2, -0.15) is 5.26 Å². The second-order valence-electron chi connectivity index (χ2n) is 6.88. The van der Waals surface area contributed by atoms with Crippen molar-refractivity contribution in [3.8, 4) is 17.2 Å². The van der Waals surface area contributed by atoms with Gasteiger partial charge in [-0.25, -0.2) is 14.4 Å². The smallest absolute Gasteiger partial charge is 0.208 e. The third-order valence-electron chi connectivity index (χ3n) is 5.18. The maximum atomic E-state index is 14.5. The minimum Gasteiger partial charge on any atom is -0.384 e. The topological polar surface area (TPSA) is 78.0 Å². The van der Waals surface area contributed by atoms with Crippen molar-refractivity contribution in [3.05, 3.63) is 77.5 Å². The van der Waals surface area contributed by atoms with Gasteiger partial charge in [-0.15, -0.1) is 0 Å². The molecule has 2 aromatic heterocycles. The van der Waals surface area contributed by atoms with Gasteiger partial charge in [-0.3, -0.25) is 4.40 Å². The summed E-state index contributed by atoms with van der Waals surface area (Å²) in [7, 11) is 0. The Morgan fingerprint density at radius 1 is 1.21 bits per heavy atom. The Kier molecular flexibility index (Phi) is 4.10. The van der Waals surface area contributed by atoms with E-state index in [0.29, 0.717) is 29.4 Å². The fraction of sp³-hybridized carbons (Fsp3) is 0.136. The van der Waals surface area contributed by atoms with Crippen molar-refractivity contribution in [1.29, 1.82) is 5.26 Å². The van der Waals surface area contributed by atoms with Gasteiger partial charge in [0, 0.05) is 36.1 Å². The van der Waals surface area contributed by atoms with Crippen LogP contribution < -0.4 is 10.6 Å². The van der Waals surface area contributed by atoms with Crippen molar-refractivity contribution in [3.63, 3.8) is 0 Å². The van der Waals surface area contributed by atoms with E-state index >= 15 is 0 Å². The van der Waals surface area contributed by atoms with Crippen LogP contribution in [0.25, 0.3) is 16.8 Å². The fourth-order valence-corrected chi connectivity index (χ4v) is 3.78. The molecular weight excluding hydrogens is 367 g/mol. The molecule has 0 spiro atoms. The number of imidazole rings is 1.